The first-order chi connectivity index (χ1) is 9.92. The Labute approximate surface area is 131 Å². The molecule has 2 aliphatic rings. The lowest BCUT2D eigenvalue weighted by atomic mass is 9.75. The second-order valence-corrected chi connectivity index (χ2v) is 8.16. The van der Waals surface area contributed by atoms with Crippen LogP contribution >= 0.6 is 11.3 Å². The smallest absolute Gasteiger partial charge is 0.309 e. The van der Waals surface area contributed by atoms with Crippen LogP contribution in [0.4, 0.5) is 0 Å². The van der Waals surface area contributed by atoms with Gasteiger partial charge in [0.05, 0.1) is 5.92 Å². The van der Waals surface area contributed by atoms with Gasteiger partial charge in [0.2, 0.25) is 0 Å². The number of ether oxygens (including phenoxy) is 1. The van der Waals surface area contributed by atoms with Gasteiger partial charge >= 0.3 is 5.97 Å². The van der Waals surface area contributed by atoms with Crippen LogP contribution in [-0.4, -0.2) is 11.6 Å². The molecule has 3 unspecified atom stereocenters. The van der Waals surface area contributed by atoms with Crippen LogP contribution in [-0.2, 0) is 9.53 Å². The van der Waals surface area contributed by atoms with E-state index in [1.807, 2.05) is 20.8 Å². The average Bonchev–Trinajstić information content (AvgIpc) is 3.04. The molecule has 0 N–H and O–H groups in total. The average molecular weight is 304 g/mol. The quantitative estimate of drug-likeness (QED) is 0.726. The van der Waals surface area contributed by atoms with E-state index in [2.05, 4.69) is 22.9 Å². The van der Waals surface area contributed by atoms with E-state index in [0.29, 0.717) is 5.92 Å². The summed E-state index contributed by atoms with van der Waals surface area (Å²) in [4.78, 5) is 12.3. The fourth-order valence-corrected chi connectivity index (χ4v) is 4.28. The summed E-state index contributed by atoms with van der Waals surface area (Å²) in [6.45, 7) is 5.84. The van der Waals surface area contributed by atoms with Crippen LogP contribution in [0.15, 0.2) is 22.9 Å². The molecule has 0 spiro atoms. The lowest BCUT2D eigenvalue weighted by molar-refractivity contribution is -0.161. The molecular weight excluding hydrogens is 280 g/mol. The Morgan fingerprint density at radius 2 is 2.14 bits per heavy atom. The first-order valence-electron chi connectivity index (χ1n) is 7.88. The summed E-state index contributed by atoms with van der Waals surface area (Å²) in [7, 11) is 0. The Balaban J connectivity index is 1.66. The highest BCUT2D eigenvalue weighted by Gasteiger charge is 2.38. The lowest BCUT2D eigenvalue weighted by Gasteiger charge is -2.32. The van der Waals surface area contributed by atoms with Crippen LogP contribution in [0.3, 0.4) is 0 Å². The monoisotopic (exact) mass is 304 g/mol. The molecule has 21 heavy (non-hydrogen) atoms. The van der Waals surface area contributed by atoms with Gasteiger partial charge in [-0.3, -0.25) is 4.79 Å². The maximum Gasteiger partial charge on any atom is 0.309 e. The highest BCUT2D eigenvalue weighted by Crippen LogP contribution is 2.46. The summed E-state index contributed by atoms with van der Waals surface area (Å²) in [5.41, 5.74) is 2.49. The van der Waals surface area contributed by atoms with Gasteiger partial charge in [-0.1, -0.05) is 6.08 Å². The van der Waals surface area contributed by atoms with Crippen molar-refractivity contribution in [2.45, 2.75) is 52.1 Å². The van der Waals surface area contributed by atoms with E-state index >= 15 is 0 Å². The highest BCUT2D eigenvalue weighted by atomic mass is 32.1. The molecule has 114 valence electrons. The van der Waals surface area contributed by atoms with Crippen LogP contribution in [0, 0.1) is 17.8 Å². The van der Waals surface area contributed by atoms with Crippen molar-refractivity contribution in [2.24, 2.45) is 17.8 Å². The second-order valence-electron chi connectivity index (χ2n) is 7.38. The molecular formula is C18H24O2S. The van der Waals surface area contributed by atoms with Gasteiger partial charge in [-0.2, -0.15) is 11.3 Å². The Hall–Kier alpha value is -1.09. The maximum atomic E-state index is 12.3. The number of rotatable bonds is 2. The number of carbonyl (C=O) groups is 1. The van der Waals surface area contributed by atoms with E-state index in [1.54, 1.807) is 11.3 Å². The largest absolute Gasteiger partial charge is 0.460 e. The maximum absolute atomic E-state index is 12.3. The number of thiophene rings is 1. The number of hydrogen-bond donors (Lipinski definition) is 0. The van der Waals surface area contributed by atoms with Gasteiger partial charge in [-0.15, -0.1) is 0 Å². The fourth-order valence-electron chi connectivity index (χ4n) is 3.60. The molecule has 1 aromatic rings. The van der Waals surface area contributed by atoms with Gasteiger partial charge in [0, 0.05) is 0 Å². The van der Waals surface area contributed by atoms with Gasteiger partial charge in [0.25, 0.3) is 0 Å². The van der Waals surface area contributed by atoms with Crippen LogP contribution in [0.25, 0.3) is 5.57 Å². The van der Waals surface area contributed by atoms with E-state index in [-0.39, 0.29) is 17.5 Å². The Bertz CT molecular complexity index is 536. The van der Waals surface area contributed by atoms with E-state index in [0.717, 1.165) is 25.2 Å². The van der Waals surface area contributed by atoms with E-state index in [1.165, 1.54) is 17.6 Å². The molecule has 0 saturated heterocycles. The van der Waals surface area contributed by atoms with Gasteiger partial charge in [0.15, 0.2) is 0 Å². The number of allylic oxidation sites excluding steroid dienone is 2. The van der Waals surface area contributed by atoms with Crippen LogP contribution in [0.5, 0.6) is 0 Å². The number of fused-ring (bicyclic) bond motifs is 1. The van der Waals surface area contributed by atoms with E-state index in [9.17, 15) is 4.79 Å². The standard InChI is InChI=1S/C18H24O2S/c1-18(2,3)20-17(19)13-5-4-12-8-16(10-15(12)9-13)14-6-7-21-11-14/h6-7,10-13,15H,4-5,8-9H2,1-3H3. The SMILES string of the molecule is CC(C)(C)OC(=O)C1CCC2CC(c3ccsc3)=CC2C1. The molecule has 0 amide bonds. The fraction of sp³-hybridized carbons (Fsp3) is 0.611. The van der Waals surface area contributed by atoms with Gasteiger partial charge in [0.1, 0.15) is 5.60 Å². The number of esters is 1. The first-order valence-corrected chi connectivity index (χ1v) is 8.83. The van der Waals surface area contributed by atoms with E-state index < -0.39 is 0 Å². The molecule has 3 heteroatoms. The Kier molecular flexibility index (Phi) is 3.96. The minimum atomic E-state index is -0.374. The van der Waals surface area contributed by atoms with Crippen LogP contribution < -0.4 is 0 Å². The minimum Gasteiger partial charge on any atom is -0.460 e. The summed E-state index contributed by atoms with van der Waals surface area (Å²) < 4.78 is 5.57. The molecule has 0 aliphatic heterocycles. The Morgan fingerprint density at radius 3 is 2.81 bits per heavy atom. The zero-order chi connectivity index (χ0) is 15.0. The number of carbonyl (C=O) groups excluding carboxylic acids is 1. The van der Waals surface area contributed by atoms with Crippen molar-refractivity contribution in [2.75, 3.05) is 0 Å². The molecule has 2 nitrogen and oxygen atoms in total. The predicted octanol–water partition coefficient (Wildman–Crippen LogP) is 4.91. The van der Waals surface area contributed by atoms with Gasteiger partial charge in [-0.05, 0) is 86.3 Å². The van der Waals surface area contributed by atoms with E-state index in [4.69, 9.17) is 4.74 Å². The van der Waals surface area contributed by atoms with Crippen LogP contribution in [0.1, 0.15) is 52.0 Å². The first kappa shape index (κ1) is 14.8. The third-order valence-electron chi connectivity index (χ3n) is 4.58. The molecule has 0 bridgehead atoms. The van der Waals surface area contributed by atoms with Crippen LogP contribution in [0.2, 0.25) is 0 Å². The highest BCUT2D eigenvalue weighted by molar-refractivity contribution is 7.08. The normalized spacial score (nSPS) is 28.9. The lowest BCUT2D eigenvalue weighted by Crippen LogP contribution is -2.32. The topological polar surface area (TPSA) is 26.3 Å². The summed E-state index contributed by atoms with van der Waals surface area (Å²) in [6, 6.07) is 2.21. The zero-order valence-corrected chi connectivity index (χ0v) is 13.9. The molecule has 2 aliphatic carbocycles. The van der Waals surface area contributed by atoms with Crippen molar-refractivity contribution in [3.05, 3.63) is 28.5 Å². The molecule has 1 saturated carbocycles. The van der Waals surface area contributed by atoms with Crippen molar-refractivity contribution in [1.29, 1.82) is 0 Å². The molecule has 1 aromatic heterocycles. The second kappa shape index (κ2) is 5.60. The molecule has 1 fully saturated rings. The molecule has 0 aromatic carbocycles. The van der Waals surface area contributed by atoms with Crippen molar-refractivity contribution in [3.63, 3.8) is 0 Å². The predicted molar refractivity (Wildman–Crippen MR) is 87.1 cm³/mol. The van der Waals surface area contributed by atoms with Gasteiger partial charge in [-0.25, -0.2) is 0 Å². The van der Waals surface area contributed by atoms with Crippen molar-refractivity contribution in [1.82, 2.24) is 0 Å². The third kappa shape index (κ3) is 3.39. The van der Waals surface area contributed by atoms with Crippen molar-refractivity contribution < 1.29 is 9.53 Å². The number of hydrogen-bond acceptors (Lipinski definition) is 3. The Morgan fingerprint density at radius 1 is 1.33 bits per heavy atom. The van der Waals surface area contributed by atoms with Crippen molar-refractivity contribution in [3.8, 4) is 0 Å². The molecule has 0 radical (unpaired) electrons. The molecule has 3 rings (SSSR count). The summed E-state index contributed by atoms with van der Waals surface area (Å²) in [6.07, 6.45) is 6.71. The van der Waals surface area contributed by atoms with Gasteiger partial charge < -0.3 is 4.74 Å². The minimum absolute atomic E-state index is 0.00154. The summed E-state index contributed by atoms with van der Waals surface area (Å²) in [5.74, 6) is 1.38. The third-order valence-corrected chi connectivity index (χ3v) is 5.26. The van der Waals surface area contributed by atoms with Crippen molar-refractivity contribution >= 4 is 22.9 Å². The molecule has 3 atom stereocenters. The molecule has 1 heterocycles. The zero-order valence-electron chi connectivity index (χ0n) is 13.1. The summed E-state index contributed by atoms with van der Waals surface area (Å²) in [5, 5.41) is 4.37. The summed E-state index contributed by atoms with van der Waals surface area (Å²) >= 11 is 1.76.